The lowest BCUT2D eigenvalue weighted by Gasteiger charge is -2.48. The molecule has 3 aliphatic rings. The first-order valence-corrected chi connectivity index (χ1v) is 8.35. The normalized spacial score (nSPS) is 25.9. The molecule has 3 aliphatic heterocycles. The van der Waals surface area contributed by atoms with Crippen molar-refractivity contribution in [3.63, 3.8) is 0 Å². The Morgan fingerprint density at radius 2 is 2.00 bits per heavy atom. The van der Waals surface area contributed by atoms with Crippen molar-refractivity contribution in [3.8, 4) is 11.8 Å². The number of nitrogens with zero attached hydrogens (tertiary/aromatic N) is 4. The Bertz CT molecular complexity index is 964. The molecule has 6 nitrogen and oxygen atoms in total. The molecule has 6 heteroatoms. The minimum Gasteiger partial charge on any atom is -0.483 e. The maximum Gasteiger partial charge on any atom is 0.183 e. The van der Waals surface area contributed by atoms with Gasteiger partial charge in [0.25, 0.3) is 0 Å². The smallest absolute Gasteiger partial charge is 0.183 e. The molecule has 0 unspecified atom stereocenters. The highest BCUT2D eigenvalue weighted by molar-refractivity contribution is 6.09. The second-order valence-electron chi connectivity index (χ2n) is 6.74. The van der Waals surface area contributed by atoms with Crippen molar-refractivity contribution >= 4 is 21.9 Å². The zero-order valence-corrected chi connectivity index (χ0v) is 13.2. The summed E-state index contributed by atoms with van der Waals surface area (Å²) in [7, 11) is 0. The summed E-state index contributed by atoms with van der Waals surface area (Å²) in [6, 6.07) is 6.12. The number of pyridine rings is 2. The Balaban J connectivity index is 1.72. The van der Waals surface area contributed by atoms with Crippen LogP contribution in [0.3, 0.4) is 0 Å². The maximum atomic E-state index is 9.56. The van der Waals surface area contributed by atoms with Gasteiger partial charge >= 0.3 is 0 Å². The van der Waals surface area contributed by atoms with Gasteiger partial charge in [0.2, 0.25) is 0 Å². The number of H-pyrrole nitrogens is 1. The number of hydrogen-bond donors (Lipinski definition) is 1. The molecule has 0 radical (unpaired) electrons. The highest BCUT2D eigenvalue weighted by Gasteiger charge is 2.42. The van der Waals surface area contributed by atoms with E-state index in [1.54, 1.807) is 12.4 Å². The van der Waals surface area contributed by atoms with Gasteiger partial charge in [0.15, 0.2) is 11.4 Å². The first-order chi connectivity index (χ1) is 11.8. The predicted molar refractivity (Wildman–Crippen MR) is 89.8 cm³/mol. The fraction of sp³-hybridized carbons (Fsp3) is 0.389. The Hall–Kier alpha value is -2.65. The van der Waals surface area contributed by atoms with Crippen molar-refractivity contribution < 1.29 is 4.74 Å². The van der Waals surface area contributed by atoms with E-state index in [0.717, 1.165) is 60.8 Å². The number of nitrogens with one attached hydrogen (secondary N) is 1. The monoisotopic (exact) mass is 319 g/mol. The molecule has 6 rings (SSSR count). The largest absolute Gasteiger partial charge is 0.483 e. The standard InChI is InChI=1S/C18H17N5O/c19-10-13-16(24-18-3-7-23(8-4-18)9-5-18)15-12-2-1-6-20-17(12)22-14(15)11-21-13/h1-2,6,11H,3-5,7-9H2,(H,20,22). The molecule has 0 aromatic carbocycles. The summed E-state index contributed by atoms with van der Waals surface area (Å²) >= 11 is 0. The number of fused-ring (bicyclic) bond motifs is 6. The van der Waals surface area contributed by atoms with Crippen LogP contribution >= 0.6 is 0 Å². The number of nitriles is 1. The summed E-state index contributed by atoms with van der Waals surface area (Å²) in [5.41, 5.74) is 1.85. The average molecular weight is 319 g/mol. The highest BCUT2D eigenvalue weighted by Crippen LogP contribution is 2.41. The number of piperidine rings is 3. The molecule has 6 heterocycles. The summed E-state index contributed by atoms with van der Waals surface area (Å²) < 4.78 is 6.57. The van der Waals surface area contributed by atoms with Crippen LogP contribution in [0, 0.1) is 11.3 Å². The van der Waals surface area contributed by atoms with Gasteiger partial charge in [-0.05, 0) is 31.4 Å². The molecule has 0 saturated carbocycles. The molecule has 3 saturated heterocycles. The minimum atomic E-state index is -0.165. The highest BCUT2D eigenvalue weighted by atomic mass is 16.5. The SMILES string of the molecule is N#Cc1ncc2[nH]c3ncccc3c2c1OC12CCN(CC1)CC2. The van der Waals surface area contributed by atoms with Crippen LogP contribution in [0.25, 0.3) is 21.9 Å². The van der Waals surface area contributed by atoms with Gasteiger partial charge in [0.05, 0.1) is 17.1 Å². The molecular formula is C18H17N5O. The van der Waals surface area contributed by atoms with Gasteiger partial charge in [0.1, 0.15) is 17.3 Å². The number of rotatable bonds is 2. The number of aromatic nitrogens is 3. The summed E-state index contributed by atoms with van der Waals surface area (Å²) in [5.74, 6) is 0.615. The molecule has 120 valence electrons. The zero-order chi connectivity index (χ0) is 16.1. The van der Waals surface area contributed by atoms with Crippen LogP contribution in [-0.2, 0) is 0 Å². The Kier molecular flexibility index (Phi) is 2.82. The first kappa shape index (κ1) is 13.8. The molecular weight excluding hydrogens is 302 g/mol. The van der Waals surface area contributed by atoms with Crippen molar-refractivity contribution in [2.24, 2.45) is 0 Å². The molecule has 1 N–H and O–H groups in total. The lowest BCUT2D eigenvalue weighted by Crippen LogP contribution is -2.55. The third-order valence-electron chi connectivity index (χ3n) is 5.44. The Labute approximate surface area is 139 Å². The van der Waals surface area contributed by atoms with Crippen molar-refractivity contribution in [1.82, 2.24) is 19.9 Å². The molecule has 2 bridgehead atoms. The summed E-state index contributed by atoms with van der Waals surface area (Å²) in [4.78, 5) is 14.4. The second kappa shape index (κ2) is 4.92. The Morgan fingerprint density at radius 3 is 2.75 bits per heavy atom. The van der Waals surface area contributed by atoms with Gasteiger partial charge in [-0.2, -0.15) is 5.26 Å². The molecule has 24 heavy (non-hydrogen) atoms. The summed E-state index contributed by atoms with van der Waals surface area (Å²) in [6.45, 7) is 3.21. The van der Waals surface area contributed by atoms with Crippen LogP contribution in [-0.4, -0.2) is 45.1 Å². The zero-order valence-electron chi connectivity index (χ0n) is 13.2. The molecule has 3 aromatic heterocycles. The van der Waals surface area contributed by atoms with E-state index in [2.05, 4.69) is 25.9 Å². The van der Waals surface area contributed by atoms with Gasteiger partial charge in [-0.3, -0.25) is 0 Å². The topological polar surface area (TPSA) is 77.8 Å². The van der Waals surface area contributed by atoms with Gasteiger partial charge in [-0.1, -0.05) is 0 Å². The van der Waals surface area contributed by atoms with Crippen molar-refractivity contribution in [1.29, 1.82) is 5.26 Å². The van der Waals surface area contributed by atoms with Crippen LogP contribution in [0.4, 0.5) is 0 Å². The third kappa shape index (κ3) is 1.91. The van der Waals surface area contributed by atoms with E-state index in [1.165, 1.54) is 0 Å². The van der Waals surface area contributed by atoms with Crippen molar-refractivity contribution in [2.45, 2.75) is 24.9 Å². The summed E-state index contributed by atoms with van der Waals surface area (Å²) in [5, 5.41) is 11.5. The predicted octanol–water partition coefficient (Wildman–Crippen LogP) is 2.60. The fourth-order valence-electron chi connectivity index (χ4n) is 4.03. The van der Waals surface area contributed by atoms with Crippen LogP contribution in [0.15, 0.2) is 24.5 Å². The summed E-state index contributed by atoms with van der Waals surface area (Å²) in [6.07, 6.45) is 6.48. The van der Waals surface area contributed by atoms with Crippen molar-refractivity contribution in [3.05, 3.63) is 30.2 Å². The van der Waals surface area contributed by atoms with Crippen LogP contribution in [0.1, 0.15) is 25.0 Å². The number of ether oxygens (including phenoxy) is 1. The quantitative estimate of drug-likeness (QED) is 0.785. The van der Waals surface area contributed by atoms with Crippen molar-refractivity contribution in [2.75, 3.05) is 19.6 Å². The maximum absolute atomic E-state index is 9.56. The van der Waals surface area contributed by atoms with Crippen LogP contribution in [0.2, 0.25) is 0 Å². The number of hydrogen-bond acceptors (Lipinski definition) is 5. The van der Waals surface area contributed by atoms with E-state index in [1.807, 2.05) is 12.1 Å². The third-order valence-corrected chi connectivity index (χ3v) is 5.44. The van der Waals surface area contributed by atoms with Gasteiger partial charge in [0, 0.05) is 31.2 Å². The van der Waals surface area contributed by atoms with Crippen LogP contribution in [0.5, 0.6) is 5.75 Å². The number of aromatic amines is 1. The van der Waals surface area contributed by atoms with Gasteiger partial charge in [-0.15, -0.1) is 0 Å². The van der Waals surface area contributed by atoms with E-state index in [9.17, 15) is 5.26 Å². The van der Waals surface area contributed by atoms with E-state index < -0.39 is 0 Å². The van der Waals surface area contributed by atoms with E-state index >= 15 is 0 Å². The second-order valence-corrected chi connectivity index (χ2v) is 6.74. The Morgan fingerprint density at radius 1 is 1.21 bits per heavy atom. The molecule has 0 aliphatic carbocycles. The average Bonchev–Trinajstić information content (AvgIpc) is 3.02. The van der Waals surface area contributed by atoms with E-state index in [4.69, 9.17) is 4.74 Å². The van der Waals surface area contributed by atoms with Gasteiger partial charge in [-0.25, -0.2) is 9.97 Å². The fourth-order valence-corrected chi connectivity index (χ4v) is 4.03. The molecule has 3 aromatic rings. The lowest BCUT2D eigenvalue weighted by atomic mass is 9.83. The first-order valence-electron chi connectivity index (χ1n) is 8.35. The molecule has 0 atom stereocenters. The van der Waals surface area contributed by atoms with E-state index in [0.29, 0.717) is 11.4 Å². The molecule has 0 spiro atoms. The molecule has 3 fully saturated rings. The van der Waals surface area contributed by atoms with Crippen LogP contribution < -0.4 is 4.74 Å². The lowest BCUT2D eigenvalue weighted by molar-refractivity contribution is -0.0505. The van der Waals surface area contributed by atoms with E-state index in [-0.39, 0.29) is 5.60 Å². The minimum absolute atomic E-state index is 0.165. The molecule has 0 amide bonds. The van der Waals surface area contributed by atoms with Gasteiger partial charge < -0.3 is 14.6 Å².